The number of nitrogens with zero attached hydrogens (tertiary/aromatic N) is 4. The number of rotatable bonds is 8. The Morgan fingerprint density at radius 1 is 1.28 bits per heavy atom. The maximum Gasteiger partial charge on any atom is 0.289 e. The van der Waals surface area contributed by atoms with Crippen molar-refractivity contribution in [2.75, 3.05) is 11.1 Å². The second-order valence-corrected chi connectivity index (χ2v) is 7.18. The quantitative estimate of drug-likeness (QED) is 0.246. The molecule has 0 fully saturated rings. The van der Waals surface area contributed by atoms with E-state index in [-0.39, 0.29) is 22.4 Å². The molecule has 3 aromatic rings. The van der Waals surface area contributed by atoms with E-state index in [9.17, 15) is 14.9 Å². The molecule has 1 N–H and O–H groups in total. The molecular weight excluding hydrogens is 414 g/mol. The van der Waals surface area contributed by atoms with Crippen molar-refractivity contribution in [3.05, 3.63) is 76.3 Å². The van der Waals surface area contributed by atoms with Crippen LogP contribution in [0.3, 0.4) is 0 Å². The predicted molar refractivity (Wildman–Crippen MR) is 113 cm³/mol. The van der Waals surface area contributed by atoms with Crippen molar-refractivity contribution >= 4 is 40.6 Å². The van der Waals surface area contributed by atoms with Crippen LogP contribution in [0.15, 0.2) is 66.3 Å². The Morgan fingerprint density at radius 2 is 2.03 bits per heavy atom. The molecule has 2 aromatic carbocycles. The van der Waals surface area contributed by atoms with Gasteiger partial charge in [-0.3, -0.25) is 19.5 Å². The fourth-order valence-electron chi connectivity index (χ4n) is 2.55. The minimum absolute atomic E-state index is 0.00772. The summed E-state index contributed by atoms with van der Waals surface area (Å²) in [4.78, 5) is 22.7. The van der Waals surface area contributed by atoms with Crippen LogP contribution in [0.1, 0.15) is 0 Å². The summed E-state index contributed by atoms with van der Waals surface area (Å²) in [6, 6.07) is 13.7. The van der Waals surface area contributed by atoms with Crippen LogP contribution in [0.5, 0.6) is 0 Å². The number of hydrogen-bond acceptors (Lipinski definition) is 6. The van der Waals surface area contributed by atoms with Gasteiger partial charge in [0.1, 0.15) is 5.02 Å². The van der Waals surface area contributed by atoms with Gasteiger partial charge in [0, 0.05) is 23.9 Å². The van der Waals surface area contributed by atoms with Gasteiger partial charge in [-0.25, -0.2) is 0 Å². The average Bonchev–Trinajstić information content (AvgIpc) is 3.11. The first-order valence-electron chi connectivity index (χ1n) is 8.45. The van der Waals surface area contributed by atoms with Gasteiger partial charge in [0.2, 0.25) is 5.91 Å². The first-order chi connectivity index (χ1) is 14.0. The Morgan fingerprint density at radius 3 is 2.72 bits per heavy atom. The summed E-state index contributed by atoms with van der Waals surface area (Å²) in [5, 5.41) is 22.6. The number of thioether (sulfide) groups is 1. The van der Waals surface area contributed by atoms with E-state index in [0.717, 1.165) is 5.56 Å². The van der Waals surface area contributed by atoms with Gasteiger partial charge in [-0.05, 0) is 12.1 Å². The van der Waals surface area contributed by atoms with E-state index < -0.39 is 4.92 Å². The molecule has 0 aliphatic rings. The molecule has 10 heteroatoms. The zero-order valence-electron chi connectivity index (χ0n) is 15.1. The van der Waals surface area contributed by atoms with Gasteiger partial charge in [-0.1, -0.05) is 59.8 Å². The third-order valence-corrected chi connectivity index (χ3v) is 5.11. The highest BCUT2D eigenvalue weighted by Gasteiger charge is 2.16. The molecule has 1 heterocycles. The average molecular weight is 430 g/mol. The molecule has 1 amide bonds. The topological polar surface area (TPSA) is 103 Å². The summed E-state index contributed by atoms with van der Waals surface area (Å²) in [7, 11) is 0. The molecular formula is C19H16ClN5O3S. The number of halogens is 1. The lowest BCUT2D eigenvalue weighted by Crippen LogP contribution is -2.14. The molecule has 0 aliphatic carbocycles. The number of nitro benzene ring substituents is 1. The molecule has 29 heavy (non-hydrogen) atoms. The Bertz CT molecular complexity index is 1060. The molecule has 0 saturated carbocycles. The first-order valence-corrected chi connectivity index (χ1v) is 9.82. The van der Waals surface area contributed by atoms with Gasteiger partial charge in [0.15, 0.2) is 11.0 Å². The lowest BCUT2D eigenvalue weighted by Gasteiger charge is -2.08. The van der Waals surface area contributed by atoms with E-state index in [1.54, 1.807) is 6.08 Å². The van der Waals surface area contributed by atoms with E-state index in [4.69, 9.17) is 11.6 Å². The standard InChI is InChI=1S/C19H16ClN5O3S/c1-2-10-24-18(13-6-4-3-5-7-13)22-23-19(24)29-12-17(26)21-14-8-9-15(20)16(11-14)25(27)28/h2-9,11H,1,10,12H2,(H,21,26). The van der Waals surface area contributed by atoms with Crippen LogP contribution in [-0.2, 0) is 11.3 Å². The third kappa shape index (κ3) is 5.01. The number of nitro groups is 1. The van der Waals surface area contributed by atoms with Crippen LogP contribution in [0.2, 0.25) is 5.02 Å². The maximum absolute atomic E-state index is 12.3. The van der Waals surface area contributed by atoms with Gasteiger partial charge in [-0.2, -0.15) is 0 Å². The van der Waals surface area contributed by atoms with Crippen LogP contribution in [0, 0.1) is 10.1 Å². The van der Waals surface area contributed by atoms with Crippen LogP contribution < -0.4 is 5.32 Å². The second kappa shape index (κ2) is 9.35. The predicted octanol–water partition coefficient (Wildman–Crippen LogP) is 4.42. The molecule has 0 saturated heterocycles. The molecule has 3 rings (SSSR count). The lowest BCUT2D eigenvalue weighted by molar-refractivity contribution is -0.384. The van der Waals surface area contributed by atoms with Crippen LogP contribution in [0.25, 0.3) is 11.4 Å². The summed E-state index contributed by atoms with van der Waals surface area (Å²) >= 11 is 7.00. The molecule has 0 aliphatic heterocycles. The van der Waals surface area contributed by atoms with Crippen molar-refractivity contribution in [2.45, 2.75) is 11.7 Å². The highest BCUT2D eigenvalue weighted by molar-refractivity contribution is 7.99. The van der Waals surface area contributed by atoms with Crippen LogP contribution >= 0.6 is 23.4 Å². The van der Waals surface area contributed by atoms with E-state index in [2.05, 4.69) is 22.1 Å². The fraction of sp³-hybridized carbons (Fsp3) is 0.105. The van der Waals surface area contributed by atoms with Crippen molar-refractivity contribution < 1.29 is 9.72 Å². The molecule has 0 bridgehead atoms. The van der Waals surface area contributed by atoms with Gasteiger partial charge in [0.25, 0.3) is 5.69 Å². The normalized spacial score (nSPS) is 10.5. The van der Waals surface area contributed by atoms with Gasteiger partial charge < -0.3 is 5.32 Å². The number of amides is 1. The van der Waals surface area contributed by atoms with Crippen molar-refractivity contribution in [3.63, 3.8) is 0 Å². The minimum Gasteiger partial charge on any atom is -0.325 e. The highest BCUT2D eigenvalue weighted by Crippen LogP contribution is 2.28. The summed E-state index contributed by atoms with van der Waals surface area (Å²) in [5.74, 6) is 0.406. The largest absolute Gasteiger partial charge is 0.325 e. The molecule has 0 unspecified atom stereocenters. The maximum atomic E-state index is 12.3. The zero-order valence-corrected chi connectivity index (χ0v) is 16.7. The number of aromatic nitrogens is 3. The minimum atomic E-state index is -0.602. The Labute approximate surface area is 175 Å². The molecule has 1 aromatic heterocycles. The van der Waals surface area contributed by atoms with Crippen LogP contribution in [0.4, 0.5) is 11.4 Å². The summed E-state index contributed by atoms with van der Waals surface area (Å²) in [6.07, 6.45) is 1.73. The highest BCUT2D eigenvalue weighted by atomic mass is 35.5. The van der Waals surface area contributed by atoms with Crippen molar-refractivity contribution in [2.24, 2.45) is 0 Å². The molecule has 148 valence electrons. The van der Waals surface area contributed by atoms with Crippen molar-refractivity contribution in [1.82, 2.24) is 14.8 Å². The van der Waals surface area contributed by atoms with Crippen LogP contribution in [-0.4, -0.2) is 31.3 Å². The van der Waals surface area contributed by atoms with E-state index >= 15 is 0 Å². The SMILES string of the molecule is C=CCn1c(SCC(=O)Nc2ccc(Cl)c([N+](=O)[O-])c2)nnc1-c1ccccc1. The number of nitrogens with one attached hydrogen (secondary N) is 1. The summed E-state index contributed by atoms with van der Waals surface area (Å²) in [5.41, 5.74) is 0.936. The van der Waals surface area contributed by atoms with E-state index in [0.29, 0.717) is 23.2 Å². The Hall–Kier alpha value is -3.17. The van der Waals surface area contributed by atoms with Crippen molar-refractivity contribution in [3.8, 4) is 11.4 Å². The monoisotopic (exact) mass is 429 g/mol. The smallest absolute Gasteiger partial charge is 0.289 e. The Balaban J connectivity index is 1.71. The number of allylic oxidation sites excluding steroid dienone is 1. The molecule has 0 radical (unpaired) electrons. The number of anilines is 1. The van der Waals surface area contributed by atoms with E-state index in [1.165, 1.54) is 30.0 Å². The van der Waals surface area contributed by atoms with Crippen molar-refractivity contribution in [1.29, 1.82) is 0 Å². The van der Waals surface area contributed by atoms with Gasteiger partial charge in [0.05, 0.1) is 10.7 Å². The third-order valence-electron chi connectivity index (χ3n) is 3.82. The Kier molecular flexibility index (Phi) is 6.63. The number of benzene rings is 2. The molecule has 8 nitrogen and oxygen atoms in total. The molecule has 0 atom stereocenters. The van der Waals surface area contributed by atoms with E-state index in [1.807, 2.05) is 34.9 Å². The van der Waals surface area contributed by atoms with Gasteiger partial charge >= 0.3 is 0 Å². The number of carbonyl (C=O) groups excluding carboxylic acids is 1. The second-order valence-electron chi connectivity index (χ2n) is 5.83. The summed E-state index contributed by atoms with van der Waals surface area (Å²) in [6.45, 7) is 4.25. The lowest BCUT2D eigenvalue weighted by atomic mass is 10.2. The first kappa shape index (κ1) is 20.6. The zero-order chi connectivity index (χ0) is 20.8. The van der Waals surface area contributed by atoms with Gasteiger partial charge in [-0.15, -0.1) is 16.8 Å². The molecule has 0 spiro atoms. The number of hydrogen-bond donors (Lipinski definition) is 1. The number of carbonyl (C=O) groups is 1. The summed E-state index contributed by atoms with van der Waals surface area (Å²) < 4.78 is 1.87. The fourth-order valence-corrected chi connectivity index (χ4v) is 3.48.